The van der Waals surface area contributed by atoms with Crippen LogP contribution in [0.15, 0.2) is 22.7 Å². The number of amides is 1. The number of methoxy groups -OCH3 is 1. The van der Waals surface area contributed by atoms with Crippen LogP contribution in [0.3, 0.4) is 0 Å². The molecule has 0 saturated carbocycles. The zero-order valence-electron chi connectivity index (χ0n) is 10.2. The van der Waals surface area contributed by atoms with Crippen LogP contribution in [0.25, 0.3) is 0 Å². The summed E-state index contributed by atoms with van der Waals surface area (Å²) in [7, 11) is 1.62. The highest BCUT2D eigenvalue weighted by atomic mass is 79.9. The minimum Gasteiger partial charge on any atom is -0.496 e. The van der Waals surface area contributed by atoms with Crippen LogP contribution in [0, 0.1) is 0 Å². The highest BCUT2D eigenvalue weighted by Gasteiger charge is 2.28. The topological polar surface area (TPSA) is 49.8 Å². The molecule has 1 aromatic carbocycles. The molecule has 0 unspecified atom stereocenters. The van der Waals surface area contributed by atoms with Crippen molar-refractivity contribution in [3.63, 3.8) is 0 Å². The number of likely N-dealkylation sites (tertiary alicyclic amines) is 1. The Labute approximate surface area is 115 Å². The minimum absolute atomic E-state index is 0.104. The Bertz CT molecular complexity index is 444. The van der Waals surface area contributed by atoms with E-state index in [0.29, 0.717) is 25.9 Å². The third-order valence-corrected chi connectivity index (χ3v) is 3.68. The summed E-state index contributed by atoms with van der Waals surface area (Å²) in [5, 5.41) is 9.13. The average Bonchev–Trinajstić information content (AvgIpc) is 2.32. The second kappa shape index (κ2) is 5.71. The lowest BCUT2D eigenvalue weighted by Crippen LogP contribution is -2.53. The second-order valence-electron chi connectivity index (χ2n) is 4.42. The van der Waals surface area contributed by atoms with Crippen molar-refractivity contribution in [1.82, 2.24) is 4.90 Å². The molecule has 98 valence electrons. The number of aliphatic hydroxyl groups is 1. The molecule has 18 heavy (non-hydrogen) atoms. The van der Waals surface area contributed by atoms with Gasteiger partial charge in [0, 0.05) is 19.5 Å². The van der Waals surface area contributed by atoms with Gasteiger partial charge in [0.1, 0.15) is 5.75 Å². The van der Waals surface area contributed by atoms with Crippen LogP contribution in [-0.4, -0.2) is 42.2 Å². The number of β-amino-alcohol motifs (C(OH)–C–C–N with tert-alkyl or cyclic N) is 1. The molecule has 1 aliphatic heterocycles. The van der Waals surface area contributed by atoms with E-state index in [1.807, 2.05) is 18.2 Å². The molecule has 0 spiro atoms. The van der Waals surface area contributed by atoms with Crippen molar-refractivity contribution in [2.24, 2.45) is 0 Å². The number of aryl methyl sites for hydroxylation is 1. The molecule has 1 saturated heterocycles. The normalized spacial score (nSPS) is 15.4. The number of carbonyl (C=O) groups excluding carboxylic acids is 1. The summed E-state index contributed by atoms with van der Waals surface area (Å²) >= 11 is 3.42. The first-order valence-corrected chi connectivity index (χ1v) is 6.67. The first kappa shape index (κ1) is 13.4. The minimum atomic E-state index is -0.330. The first-order chi connectivity index (χ1) is 8.60. The van der Waals surface area contributed by atoms with Gasteiger partial charge in [-0.25, -0.2) is 0 Å². The molecular formula is C13H16BrNO3. The molecule has 1 aliphatic rings. The molecule has 0 aliphatic carbocycles. The molecule has 0 bridgehead atoms. The Balaban J connectivity index is 1.86. The molecule has 1 aromatic rings. The maximum Gasteiger partial charge on any atom is 0.223 e. The van der Waals surface area contributed by atoms with Crippen LogP contribution in [0.1, 0.15) is 12.0 Å². The van der Waals surface area contributed by atoms with Gasteiger partial charge in [-0.3, -0.25) is 4.79 Å². The van der Waals surface area contributed by atoms with Crippen molar-refractivity contribution in [2.45, 2.75) is 18.9 Å². The lowest BCUT2D eigenvalue weighted by atomic mass is 10.1. The number of benzene rings is 1. The maximum atomic E-state index is 11.7. The SMILES string of the molecule is COc1ccc(CCC(=O)N2CC(O)C2)cc1Br. The predicted octanol–water partition coefficient (Wildman–Crippen LogP) is 1.59. The Morgan fingerprint density at radius 1 is 1.56 bits per heavy atom. The fourth-order valence-electron chi connectivity index (χ4n) is 1.93. The van der Waals surface area contributed by atoms with Crippen molar-refractivity contribution in [1.29, 1.82) is 0 Å². The van der Waals surface area contributed by atoms with Gasteiger partial charge in [0.25, 0.3) is 0 Å². The van der Waals surface area contributed by atoms with Crippen molar-refractivity contribution in [3.8, 4) is 5.75 Å². The number of hydrogen-bond acceptors (Lipinski definition) is 3. The molecule has 4 nitrogen and oxygen atoms in total. The van der Waals surface area contributed by atoms with Crippen LogP contribution in [0.4, 0.5) is 0 Å². The van der Waals surface area contributed by atoms with Crippen molar-refractivity contribution < 1.29 is 14.6 Å². The Morgan fingerprint density at radius 2 is 2.28 bits per heavy atom. The van der Waals surface area contributed by atoms with Crippen LogP contribution < -0.4 is 4.74 Å². The van der Waals surface area contributed by atoms with Crippen LogP contribution >= 0.6 is 15.9 Å². The van der Waals surface area contributed by atoms with E-state index in [1.165, 1.54) is 0 Å². The van der Waals surface area contributed by atoms with E-state index in [0.717, 1.165) is 15.8 Å². The molecule has 1 amide bonds. The van der Waals surface area contributed by atoms with Gasteiger partial charge in [-0.2, -0.15) is 0 Å². The zero-order valence-corrected chi connectivity index (χ0v) is 11.8. The van der Waals surface area contributed by atoms with E-state index in [1.54, 1.807) is 12.0 Å². The summed E-state index contributed by atoms with van der Waals surface area (Å²) in [5.74, 6) is 0.892. The third-order valence-electron chi connectivity index (χ3n) is 3.06. The summed E-state index contributed by atoms with van der Waals surface area (Å²) in [6.07, 6.45) is 0.851. The summed E-state index contributed by atoms with van der Waals surface area (Å²) in [6.45, 7) is 0.955. The molecular weight excluding hydrogens is 298 g/mol. The summed E-state index contributed by atoms with van der Waals surface area (Å²) in [4.78, 5) is 13.4. The van der Waals surface area contributed by atoms with Gasteiger partial charge in [-0.05, 0) is 40.0 Å². The Hall–Kier alpha value is -1.07. The lowest BCUT2D eigenvalue weighted by Gasteiger charge is -2.35. The molecule has 0 atom stereocenters. The van der Waals surface area contributed by atoms with Crippen LogP contribution in [0.5, 0.6) is 5.75 Å². The highest BCUT2D eigenvalue weighted by molar-refractivity contribution is 9.10. The molecule has 1 heterocycles. The maximum absolute atomic E-state index is 11.7. The van der Waals surface area contributed by atoms with Crippen LogP contribution in [0.2, 0.25) is 0 Å². The van der Waals surface area contributed by atoms with Gasteiger partial charge in [0.15, 0.2) is 0 Å². The number of halogens is 1. The van der Waals surface area contributed by atoms with Gasteiger partial charge < -0.3 is 14.7 Å². The molecule has 0 aromatic heterocycles. The Kier molecular flexibility index (Phi) is 4.24. The van der Waals surface area contributed by atoms with E-state index >= 15 is 0 Å². The predicted molar refractivity (Wildman–Crippen MR) is 71.6 cm³/mol. The van der Waals surface area contributed by atoms with Gasteiger partial charge >= 0.3 is 0 Å². The Morgan fingerprint density at radius 3 is 2.83 bits per heavy atom. The van der Waals surface area contributed by atoms with E-state index < -0.39 is 0 Å². The van der Waals surface area contributed by atoms with Gasteiger partial charge in [-0.15, -0.1) is 0 Å². The summed E-state index contributed by atoms with van der Waals surface area (Å²) < 4.78 is 6.05. The van der Waals surface area contributed by atoms with Crippen LogP contribution in [-0.2, 0) is 11.2 Å². The van der Waals surface area contributed by atoms with Crippen molar-refractivity contribution in [3.05, 3.63) is 28.2 Å². The monoisotopic (exact) mass is 313 g/mol. The fraction of sp³-hybridized carbons (Fsp3) is 0.462. The standard InChI is InChI=1S/C13H16BrNO3/c1-18-12-4-2-9(6-11(12)14)3-5-13(17)15-7-10(16)8-15/h2,4,6,10,16H,3,5,7-8H2,1H3. The van der Waals surface area contributed by atoms with E-state index in [-0.39, 0.29) is 12.0 Å². The molecule has 5 heteroatoms. The third kappa shape index (κ3) is 3.03. The first-order valence-electron chi connectivity index (χ1n) is 5.88. The van der Waals surface area contributed by atoms with E-state index in [4.69, 9.17) is 9.84 Å². The number of hydrogen-bond donors (Lipinski definition) is 1. The smallest absolute Gasteiger partial charge is 0.223 e. The molecule has 1 N–H and O–H groups in total. The highest BCUT2D eigenvalue weighted by Crippen LogP contribution is 2.26. The molecule has 2 rings (SSSR count). The average molecular weight is 314 g/mol. The number of rotatable bonds is 4. The number of aliphatic hydroxyl groups excluding tert-OH is 1. The molecule has 1 fully saturated rings. The quantitative estimate of drug-likeness (QED) is 0.918. The number of carbonyl (C=O) groups is 1. The van der Waals surface area contributed by atoms with E-state index in [2.05, 4.69) is 15.9 Å². The molecule has 0 radical (unpaired) electrons. The summed E-state index contributed by atoms with van der Waals surface area (Å²) in [5.41, 5.74) is 1.09. The van der Waals surface area contributed by atoms with Gasteiger partial charge in [0.05, 0.1) is 17.7 Å². The largest absolute Gasteiger partial charge is 0.496 e. The van der Waals surface area contributed by atoms with Gasteiger partial charge in [-0.1, -0.05) is 6.07 Å². The number of ether oxygens (including phenoxy) is 1. The zero-order chi connectivity index (χ0) is 13.1. The second-order valence-corrected chi connectivity index (χ2v) is 5.28. The fourth-order valence-corrected chi connectivity index (χ4v) is 2.52. The van der Waals surface area contributed by atoms with Crippen molar-refractivity contribution in [2.75, 3.05) is 20.2 Å². The summed E-state index contributed by atoms with van der Waals surface area (Å²) in [6, 6.07) is 5.82. The number of nitrogens with zero attached hydrogens (tertiary/aromatic N) is 1. The van der Waals surface area contributed by atoms with E-state index in [9.17, 15) is 4.79 Å². The van der Waals surface area contributed by atoms with Crippen molar-refractivity contribution >= 4 is 21.8 Å². The lowest BCUT2D eigenvalue weighted by molar-refractivity contribution is -0.141. The van der Waals surface area contributed by atoms with Gasteiger partial charge in [0.2, 0.25) is 5.91 Å².